The number of carbonyl (C=O) groups is 2. The van der Waals surface area contributed by atoms with Gasteiger partial charge in [0.1, 0.15) is 0 Å². The van der Waals surface area contributed by atoms with Crippen LogP contribution < -0.4 is 0 Å². The highest BCUT2D eigenvalue weighted by Crippen LogP contribution is 2.24. The van der Waals surface area contributed by atoms with Crippen LogP contribution in [0.5, 0.6) is 0 Å². The van der Waals surface area contributed by atoms with Gasteiger partial charge < -0.3 is 5.11 Å². The third kappa shape index (κ3) is 1.66. The van der Waals surface area contributed by atoms with Gasteiger partial charge in [0.2, 0.25) is 0 Å². The van der Waals surface area contributed by atoms with Gasteiger partial charge in [0, 0.05) is 12.0 Å². The monoisotopic (exact) mass is 203 g/mol. The summed E-state index contributed by atoms with van der Waals surface area (Å²) in [6.45, 7) is 1.83. The van der Waals surface area contributed by atoms with Crippen molar-refractivity contribution in [3.05, 3.63) is 35.5 Å². The molecule has 1 N–H and O–H groups in total. The van der Waals surface area contributed by atoms with Gasteiger partial charge in [-0.2, -0.15) is 0 Å². The van der Waals surface area contributed by atoms with Gasteiger partial charge in [0.25, 0.3) is 5.91 Å². The van der Waals surface area contributed by atoms with Crippen LogP contribution in [0.25, 0.3) is 0 Å². The van der Waals surface area contributed by atoms with Crippen LogP contribution in [0.1, 0.15) is 6.92 Å². The quantitative estimate of drug-likeness (QED) is 0.694. The minimum absolute atomic E-state index is 0.0502. The number of carbonyl (C=O) groups excluding carboxylic acids is 1. The molecule has 1 aliphatic carbocycles. The Balaban J connectivity index is 2.42. The molecule has 76 valence electrons. The van der Waals surface area contributed by atoms with Crippen molar-refractivity contribution in [3.8, 4) is 0 Å². The molecule has 15 heavy (non-hydrogen) atoms. The number of aliphatic imine (C=N–C) groups is 1. The lowest BCUT2D eigenvalue weighted by Crippen LogP contribution is -2.22. The summed E-state index contributed by atoms with van der Waals surface area (Å²) in [5.74, 6) is -1.38. The van der Waals surface area contributed by atoms with Gasteiger partial charge >= 0.3 is 5.97 Å². The summed E-state index contributed by atoms with van der Waals surface area (Å²) in [5.41, 5.74) is 1.56. The van der Waals surface area contributed by atoms with E-state index in [0.29, 0.717) is 5.71 Å². The highest BCUT2D eigenvalue weighted by Gasteiger charge is 2.24. The number of fused-ring (bicyclic) bond motifs is 1. The molecule has 1 aliphatic heterocycles. The number of allylic oxidation sites excluding steroid dienone is 3. The molecule has 0 saturated heterocycles. The van der Waals surface area contributed by atoms with E-state index in [-0.39, 0.29) is 17.4 Å². The molecule has 0 aromatic carbocycles. The molecule has 0 aromatic rings. The van der Waals surface area contributed by atoms with E-state index >= 15 is 0 Å². The molecule has 0 spiro atoms. The summed E-state index contributed by atoms with van der Waals surface area (Å²) in [4.78, 5) is 25.7. The van der Waals surface area contributed by atoms with E-state index in [4.69, 9.17) is 5.11 Å². The first kappa shape index (κ1) is 9.58. The minimum atomic E-state index is -1.01. The zero-order valence-corrected chi connectivity index (χ0v) is 8.10. The van der Waals surface area contributed by atoms with Crippen LogP contribution in [0.2, 0.25) is 0 Å². The smallest absolute Gasteiger partial charge is 0.335 e. The Morgan fingerprint density at radius 3 is 2.87 bits per heavy atom. The van der Waals surface area contributed by atoms with Crippen molar-refractivity contribution in [1.29, 1.82) is 0 Å². The lowest BCUT2D eigenvalue weighted by Gasteiger charge is -2.20. The lowest BCUT2D eigenvalue weighted by atomic mass is 9.87. The molecule has 0 aromatic heterocycles. The van der Waals surface area contributed by atoms with E-state index < -0.39 is 5.97 Å². The molecule has 1 heterocycles. The Labute approximate surface area is 86.3 Å². The Morgan fingerprint density at radius 1 is 1.47 bits per heavy atom. The third-order valence-electron chi connectivity index (χ3n) is 2.42. The van der Waals surface area contributed by atoms with E-state index in [9.17, 15) is 9.59 Å². The van der Waals surface area contributed by atoms with Crippen LogP contribution in [0.4, 0.5) is 0 Å². The Morgan fingerprint density at radius 2 is 2.20 bits per heavy atom. The first-order valence-electron chi connectivity index (χ1n) is 4.52. The molecule has 4 heteroatoms. The average Bonchev–Trinajstić information content (AvgIpc) is 2.16. The predicted octanol–water partition coefficient (Wildman–Crippen LogP) is 1.11. The normalized spacial score (nSPS) is 23.9. The van der Waals surface area contributed by atoms with Crippen LogP contribution in [0.15, 0.2) is 40.4 Å². The number of hydrogen-bond acceptors (Lipinski definition) is 2. The number of nitrogens with zero attached hydrogens (tertiary/aromatic N) is 1. The van der Waals surface area contributed by atoms with Crippen molar-refractivity contribution in [2.75, 3.05) is 0 Å². The van der Waals surface area contributed by atoms with Crippen LogP contribution in [-0.4, -0.2) is 22.7 Å². The van der Waals surface area contributed by atoms with E-state index in [2.05, 4.69) is 4.99 Å². The molecule has 0 saturated carbocycles. The predicted molar refractivity (Wildman–Crippen MR) is 54.5 cm³/mol. The van der Waals surface area contributed by atoms with Crippen molar-refractivity contribution in [2.45, 2.75) is 6.92 Å². The molecule has 2 aliphatic rings. The number of dihydropyridines is 1. The number of aliphatic carboxylic acids is 1. The topological polar surface area (TPSA) is 66.7 Å². The van der Waals surface area contributed by atoms with Gasteiger partial charge in [-0.3, -0.25) is 4.79 Å². The molecule has 2 rings (SSSR count). The summed E-state index contributed by atoms with van der Waals surface area (Å²) in [5, 5.41) is 8.79. The summed E-state index contributed by atoms with van der Waals surface area (Å²) in [6, 6.07) is 0. The molecule has 0 radical (unpaired) electrons. The third-order valence-corrected chi connectivity index (χ3v) is 2.42. The van der Waals surface area contributed by atoms with Crippen molar-refractivity contribution in [3.63, 3.8) is 0 Å². The molecule has 0 bridgehead atoms. The Hall–Kier alpha value is -1.97. The maximum absolute atomic E-state index is 11.1. The molecule has 1 atom stereocenters. The summed E-state index contributed by atoms with van der Waals surface area (Å²) in [6.07, 6.45) is 6.21. The second kappa shape index (κ2) is 3.31. The number of amides is 1. The standard InChI is InChI=1S/C11H9NO3/c1-6-4-10(13)12-9-5-7(11(14)15)2-3-8(6)9/h2-5,8H,1H3,(H,14,15). The molecular formula is C11H9NO3. The first-order valence-corrected chi connectivity index (χ1v) is 4.52. The highest BCUT2D eigenvalue weighted by molar-refractivity contribution is 6.15. The van der Waals surface area contributed by atoms with Gasteiger partial charge in [-0.1, -0.05) is 17.7 Å². The Kier molecular flexibility index (Phi) is 2.11. The number of carboxylic acids is 1. The molecular weight excluding hydrogens is 194 g/mol. The van der Waals surface area contributed by atoms with Crippen molar-refractivity contribution < 1.29 is 14.7 Å². The Bertz CT molecular complexity index is 466. The summed E-state index contributed by atoms with van der Waals surface area (Å²) >= 11 is 0. The number of rotatable bonds is 1. The van der Waals surface area contributed by atoms with Gasteiger partial charge in [-0.25, -0.2) is 9.79 Å². The fourth-order valence-corrected chi connectivity index (χ4v) is 1.66. The zero-order chi connectivity index (χ0) is 11.0. The second-order valence-electron chi connectivity index (χ2n) is 3.50. The highest BCUT2D eigenvalue weighted by atomic mass is 16.4. The van der Waals surface area contributed by atoms with E-state index in [1.165, 1.54) is 12.2 Å². The summed E-state index contributed by atoms with van der Waals surface area (Å²) < 4.78 is 0. The molecule has 4 nitrogen and oxygen atoms in total. The number of carboxylic acid groups (broad SMARTS) is 1. The van der Waals surface area contributed by atoms with Gasteiger partial charge in [0.15, 0.2) is 0 Å². The van der Waals surface area contributed by atoms with Crippen LogP contribution in [0.3, 0.4) is 0 Å². The minimum Gasteiger partial charge on any atom is -0.478 e. The van der Waals surface area contributed by atoms with E-state index in [1.54, 1.807) is 12.2 Å². The number of hydrogen-bond donors (Lipinski definition) is 1. The molecule has 1 unspecified atom stereocenters. The fraction of sp³-hybridized carbons (Fsp3) is 0.182. The van der Waals surface area contributed by atoms with Crippen molar-refractivity contribution in [1.82, 2.24) is 0 Å². The maximum atomic E-state index is 11.1. The van der Waals surface area contributed by atoms with Crippen LogP contribution in [-0.2, 0) is 9.59 Å². The largest absolute Gasteiger partial charge is 0.478 e. The lowest BCUT2D eigenvalue weighted by molar-refractivity contribution is -0.132. The zero-order valence-electron chi connectivity index (χ0n) is 8.10. The first-order chi connectivity index (χ1) is 7.08. The molecule has 1 amide bonds. The molecule has 0 fully saturated rings. The van der Waals surface area contributed by atoms with E-state index in [1.807, 2.05) is 6.92 Å². The van der Waals surface area contributed by atoms with Crippen LogP contribution in [0, 0.1) is 5.92 Å². The second-order valence-corrected chi connectivity index (χ2v) is 3.50. The van der Waals surface area contributed by atoms with E-state index in [0.717, 1.165) is 5.57 Å². The summed E-state index contributed by atoms with van der Waals surface area (Å²) in [7, 11) is 0. The van der Waals surface area contributed by atoms with Gasteiger partial charge in [-0.15, -0.1) is 0 Å². The van der Waals surface area contributed by atoms with Gasteiger partial charge in [0.05, 0.1) is 11.3 Å². The van der Waals surface area contributed by atoms with Crippen molar-refractivity contribution in [2.24, 2.45) is 10.9 Å². The SMILES string of the molecule is CC1=CC(=O)N=C2C=C(C(=O)O)C=CC12. The van der Waals surface area contributed by atoms with Crippen molar-refractivity contribution >= 4 is 17.6 Å². The van der Waals surface area contributed by atoms with Crippen LogP contribution >= 0.6 is 0 Å². The average molecular weight is 203 g/mol. The maximum Gasteiger partial charge on any atom is 0.335 e. The fourth-order valence-electron chi connectivity index (χ4n) is 1.66. The van der Waals surface area contributed by atoms with Gasteiger partial charge in [-0.05, 0) is 13.0 Å².